The third kappa shape index (κ3) is 2.59. The van der Waals surface area contributed by atoms with E-state index >= 15 is 0 Å². The first-order chi connectivity index (χ1) is 9.45. The molecule has 1 atom stereocenters. The van der Waals surface area contributed by atoms with E-state index in [-0.39, 0.29) is 11.2 Å². The van der Waals surface area contributed by atoms with Crippen molar-refractivity contribution in [2.75, 3.05) is 6.54 Å². The molecule has 1 heterocycles. The molecule has 1 aliphatic carbocycles. The lowest BCUT2D eigenvalue weighted by Crippen LogP contribution is -2.51. The molecule has 1 aliphatic rings. The number of hydrogen-bond acceptors (Lipinski definition) is 3. The summed E-state index contributed by atoms with van der Waals surface area (Å²) < 4.78 is 13.0. The van der Waals surface area contributed by atoms with Gasteiger partial charge in [-0.15, -0.1) is 0 Å². The molecular weight excluding hydrogens is 255 g/mol. The highest BCUT2D eigenvalue weighted by Crippen LogP contribution is 2.50. The van der Waals surface area contributed by atoms with E-state index in [1.807, 2.05) is 0 Å². The summed E-state index contributed by atoms with van der Waals surface area (Å²) in [5, 5.41) is 11.0. The highest BCUT2D eigenvalue weighted by atomic mass is 19.1. The van der Waals surface area contributed by atoms with Crippen molar-refractivity contribution in [3.8, 4) is 0 Å². The number of pyridine rings is 1. The van der Waals surface area contributed by atoms with Crippen LogP contribution in [0.1, 0.15) is 51.6 Å². The molecule has 0 bridgehead atoms. The zero-order chi connectivity index (χ0) is 14.8. The number of nitrogens with zero attached hydrogens (tertiary/aromatic N) is 1. The van der Waals surface area contributed by atoms with Gasteiger partial charge in [-0.3, -0.25) is 4.98 Å². The van der Waals surface area contributed by atoms with Crippen molar-refractivity contribution < 1.29 is 9.50 Å². The molecule has 0 aliphatic heterocycles. The largest absolute Gasteiger partial charge is 0.383 e. The van der Waals surface area contributed by atoms with Gasteiger partial charge in [-0.1, -0.05) is 13.3 Å². The van der Waals surface area contributed by atoms with Crippen LogP contribution in [0, 0.1) is 17.2 Å². The van der Waals surface area contributed by atoms with E-state index in [1.54, 1.807) is 13.0 Å². The SMILES string of the molecule is CCC1CCC(CN)(C(C)(O)c2ccc(F)cn2)CC1. The molecular formula is C16H25FN2O. The van der Waals surface area contributed by atoms with Gasteiger partial charge in [0.05, 0.1) is 11.9 Å². The van der Waals surface area contributed by atoms with Gasteiger partial charge in [0.1, 0.15) is 11.4 Å². The second kappa shape index (κ2) is 5.78. The van der Waals surface area contributed by atoms with Gasteiger partial charge < -0.3 is 10.8 Å². The Bertz CT molecular complexity index is 436. The second-order valence-corrected chi connectivity index (χ2v) is 6.27. The van der Waals surface area contributed by atoms with Gasteiger partial charge in [0.2, 0.25) is 0 Å². The number of hydrogen-bond donors (Lipinski definition) is 2. The topological polar surface area (TPSA) is 59.1 Å². The highest BCUT2D eigenvalue weighted by molar-refractivity contribution is 5.18. The van der Waals surface area contributed by atoms with E-state index in [9.17, 15) is 9.50 Å². The quantitative estimate of drug-likeness (QED) is 0.891. The molecule has 0 saturated heterocycles. The second-order valence-electron chi connectivity index (χ2n) is 6.27. The van der Waals surface area contributed by atoms with Crippen LogP contribution in [0.25, 0.3) is 0 Å². The van der Waals surface area contributed by atoms with E-state index in [4.69, 9.17) is 5.73 Å². The van der Waals surface area contributed by atoms with Crippen LogP contribution < -0.4 is 5.73 Å². The van der Waals surface area contributed by atoms with Gasteiger partial charge in [0.25, 0.3) is 0 Å². The zero-order valence-electron chi connectivity index (χ0n) is 12.4. The van der Waals surface area contributed by atoms with Gasteiger partial charge in [0, 0.05) is 12.0 Å². The first-order valence-corrected chi connectivity index (χ1v) is 7.49. The number of aliphatic hydroxyl groups is 1. The van der Waals surface area contributed by atoms with Crippen LogP contribution in [0.5, 0.6) is 0 Å². The maximum atomic E-state index is 13.0. The van der Waals surface area contributed by atoms with Crippen molar-refractivity contribution in [2.45, 2.75) is 51.6 Å². The maximum absolute atomic E-state index is 13.0. The van der Waals surface area contributed by atoms with Gasteiger partial charge in [-0.25, -0.2) is 4.39 Å². The van der Waals surface area contributed by atoms with Crippen LogP contribution in [-0.2, 0) is 5.60 Å². The minimum Gasteiger partial charge on any atom is -0.383 e. The maximum Gasteiger partial charge on any atom is 0.141 e. The molecule has 112 valence electrons. The Morgan fingerprint density at radius 1 is 1.45 bits per heavy atom. The summed E-state index contributed by atoms with van der Waals surface area (Å²) in [5.74, 6) is 0.340. The van der Waals surface area contributed by atoms with Crippen LogP contribution in [0.15, 0.2) is 18.3 Å². The smallest absolute Gasteiger partial charge is 0.141 e. The zero-order valence-corrected chi connectivity index (χ0v) is 12.4. The molecule has 20 heavy (non-hydrogen) atoms. The summed E-state index contributed by atoms with van der Waals surface area (Å²) in [4.78, 5) is 4.08. The van der Waals surface area contributed by atoms with Gasteiger partial charge >= 0.3 is 0 Å². The average Bonchev–Trinajstić information content (AvgIpc) is 2.47. The van der Waals surface area contributed by atoms with Crippen molar-refractivity contribution in [3.63, 3.8) is 0 Å². The summed E-state index contributed by atoms with van der Waals surface area (Å²) in [6.07, 6.45) is 6.31. The summed E-state index contributed by atoms with van der Waals surface area (Å²) in [6.45, 7) is 4.40. The normalized spacial score (nSPS) is 29.9. The van der Waals surface area contributed by atoms with Crippen LogP contribution in [0.4, 0.5) is 4.39 Å². The third-order valence-corrected chi connectivity index (χ3v) is 5.29. The van der Waals surface area contributed by atoms with Crippen molar-refractivity contribution in [1.82, 2.24) is 4.98 Å². The molecule has 1 unspecified atom stereocenters. The van der Waals surface area contributed by atoms with Crippen molar-refractivity contribution in [3.05, 3.63) is 29.8 Å². The Balaban J connectivity index is 2.27. The predicted molar refractivity (Wildman–Crippen MR) is 77.5 cm³/mol. The lowest BCUT2D eigenvalue weighted by atomic mass is 9.60. The number of aromatic nitrogens is 1. The molecule has 0 aromatic carbocycles. The van der Waals surface area contributed by atoms with E-state index in [1.165, 1.54) is 12.5 Å². The van der Waals surface area contributed by atoms with Crippen molar-refractivity contribution in [1.29, 1.82) is 0 Å². The number of nitrogens with two attached hydrogens (primary N) is 1. The highest BCUT2D eigenvalue weighted by Gasteiger charge is 2.49. The molecule has 0 radical (unpaired) electrons. The van der Waals surface area contributed by atoms with Crippen LogP contribution in [0.2, 0.25) is 0 Å². The van der Waals surface area contributed by atoms with Crippen LogP contribution in [-0.4, -0.2) is 16.6 Å². The fourth-order valence-electron chi connectivity index (χ4n) is 3.46. The molecule has 1 saturated carbocycles. The van der Waals surface area contributed by atoms with Gasteiger partial charge in [-0.2, -0.15) is 0 Å². The van der Waals surface area contributed by atoms with Crippen LogP contribution in [0.3, 0.4) is 0 Å². The van der Waals surface area contributed by atoms with Gasteiger partial charge in [0.15, 0.2) is 0 Å². The Kier molecular flexibility index (Phi) is 4.45. The Morgan fingerprint density at radius 2 is 2.10 bits per heavy atom. The Morgan fingerprint density at radius 3 is 2.55 bits per heavy atom. The lowest BCUT2D eigenvalue weighted by molar-refractivity contribution is -0.101. The Labute approximate surface area is 120 Å². The molecule has 1 aromatic heterocycles. The third-order valence-electron chi connectivity index (χ3n) is 5.29. The number of halogens is 1. The van der Waals surface area contributed by atoms with Crippen molar-refractivity contribution >= 4 is 0 Å². The molecule has 3 nitrogen and oxygen atoms in total. The van der Waals surface area contributed by atoms with E-state index in [2.05, 4.69) is 11.9 Å². The lowest BCUT2D eigenvalue weighted by Gasteiger charge is -2.48. The van der Waals surface area contributed by atoms with Gasteiger partial charge in [-0.05, 0) is 50.7 Å². The monoisotopic (exact) mass is 280 g/mol. The molecule has 0 spiro atoms. The number of rotatable bonds is 4. The first kappa shape index (κ1) is 15.4. The molecule has 0 amide bonds. The molecule has 1 fully saturated rings. The van der Waals surface area contributed by atoms with Crippen LogP contribution >= 0.6 is 0 Å². The molecule has 2 rings (SSSR count). The van der Waals surface area contributed by atoms with E-state index in [0.717, 1.165) is 37.8 Å². The summed E-state index contributed by atoms with van der Waals surface area (Å²) in [5.41, 5.74) is 5.06. The minimum atomic E-state index is -1.12. The summed E-state index contributed by atoms with van der Waals surface area (Å²) >= 11 is 0. The standard InChI is InChI=1S/C16H25FN2O/c1-3-12-6-8-16(11-18,9-7-12)15(2,20)14-5-4-13(17)10-19-14/h4-5,10,12,20H,3,6-9,11,18H2,1-2H3. The average molecular weight is 280 g/mol. The Hall–Kier alpha value is -1.00. The molecule has 1 aromatic rings. The first-order valence-electron chi connectivity index (χ1n) is 7.49. The minimum absolute atomic E-state index is 0.358. The van der Waals surface area contributed by atoms with E-state index in [0.29, 0.717) is 12.2 Å². The molecule has 4 heteroatoms. The fourth-order valence-corrected chi connectivity index (χ4v) is 3.46. The molecule has 3 N–H and O–H groups in total. The fraction of sp³-hybridized carbons (Fsp3) is 0.688. The summed E-state index contributed by atoms with van der Waals surface area (Å²) in [6, 6.07) is 2.91. The summed E-state index contributed by atoms with van der Waals surface area (Å²) in [7, 11) is 0. The predicted octanol–water partition coefficient (Wildman–Crippen LogP) is 2.97. The van der Waals surface area contributed by atoms with E-state index < -0.39 is 5.60 Å². The van der Waals surface area contributed by atoms with Crippen molar-refractivity contribution in [2.24, 2.45) is 17.1 Å².